The van der Waals surface area contributed by atoms with E-state index in [1.807, 2.05) is 41.8 Å². The number of pyridine rings is 1. The van der Waals surface area contributed by atoms with Crippen molar-refractivity contribution in [1.29, 1.82) is 0 Å². The third-order valence-corrected chi connectivity index (χ3v) is 4.97. The van der Waals surface area contributed by atoms with Crippen molar-refractivity contribution in [1.82, 2.24) is 4.98 Å². The second-order valence-corrected chi connectivity index (χ2v) is 6.68. The van der Waals surface area contributed by atoms with Crippen LogP contribution in [-0.4, -0.2) is 4.98 Å². The highest BCUT2D eigenvalue weighted by Crippen LogP contribution is 2.25. The molecule has 0 spiro atoms. The normalized spacial score (nSPS) is 10.7. The molecule has 0 aliphatic rings. The molecule has 27 heavy (non-hydrogen) atoms. The van der Waals surface area contributed by atoms with Crippen molar-refractivity contribution in [2.24, 2.45) is 0 Å². The lowest BCUT2D eigenvalue weighted by molar-refractivity contribution is -0.608. The Morgan fingerprint density at radius 3 is 2.44 bits per heavy atom. The fourth-order valence-corrected chi connectivity index (χ4v) is 3.52. The van der Waals surface area contributed by atoms with Gasteiger partial charge in [-0.1, -0.05) is 17.1 Å². The van der Waals surface area contributed by atoms with Gasteiger partial charge >= 0.3 is 0 Å². The van der Waals surface area contributed by atoms with Crippen LogP contribution in [0.5, 0.6) is 0 Å². The standard InChI is InChI=1S/C23H20N4/c1-16-11-12-25-15-26(16)22-13-20(24-4)14-23(18(22)3)27-17(2)9-10-19-7-5-6-8-21(19)27/h5-15H,1-3H3/q+2. The van der Waals surface area contributed by atoms with Gasteiger partial charge < -0.3 is 0 Å². The molecule has 2 aromatic carbocycles. The van der Waals surface area contributed by atoms with E-state index < -0.39 is 0 Å². The van der Waals surface area contributed by atoms with Crippen LogP contribution in [0.2, 0.25) is 0 Å². The number of hydrogen-bond acceptors (Lipinski definition) is 1. The lowest BCUT2D eigenvalue weighted by atomic mass is 10.1. The van der Waals surface area contributed by atoms with Crippen LogP contribution in [0, 0.1) is 27.3 Å². The number of aromatic nitrogens is 3. The van der Waals surface area contributed by atoms with Crippen molar-refractivity contribution in [3.8, 4) is 11.4 Å². The van der Waals surface area contributed by atoms with Crippen LogP contribution < -0.4 is 9.13 Å². The van der Waals surface area contributed by atoms with E-state index >= 15 is 0 Å². The molecular formula is C23H20N4+2. The summed E-state index contributed by atoms with van der Waals surface area (Å²) in [7, 11) is 0. The van der Waals surface area contributed by atoms with E-state index in [2.05, 4.69) is 52.5 Å². The summed E-state index contributed by atoms with van der Waals surface area (Å²) < 4.78 is 4.27. The summed E-state index contributed by atoms with van der Waals surface area (Å²) in [5.41, 5.74) is 7.03. The second kappa shape index (κ2) is 6.62. The van der Waals surface area contributed by atoms with E-state index in [1.165, 1.54) is 5.39 Å². The monoisotopic (exact) mass is 352 g/mol. The Morgan fingerprint density at radius 1 is 0.889 bits per heavy atom. The molecule has 0 bridgehead atoms. The average molecular weight is 352 g/mol. The number of benzene rings is 2. The summed E-state index contributed by atoms with van der Waals surface area (Å²) >= 11 is 0. The fraction of sp³-hybridized carbons (Fsp3) is 0.130. The highest BCUT2D eigenvalue weighted by Gasteiger charge is 2.23. The summed E-state index contributed by atoms with van der Waals surface area (Å²) in [6.45, 7) is 13.8. The van der Waals surface area contributed by atoms with Gasteiger partial charge in [0.2, 0.25) is 11.2 Å². The largest absolute Gasteiger partial charge is 0.291 e. The van der Waals surface area contributed by atoms with Gasteiger partial charge in [0, 0.05) is 36.6 Å². The van der Waals surface area contributed by atoms with Crippen molar-refractivity contribution in [2.75, 3.05) is 0 Å². The summed E-state index contributed by atoms with van der Waals surface area (Å²) in [6, 6.07) is 18.5. The third kappa shape index (κ3) is 2.84. The third-order valence-electron chi connectivity index (χ3n) is 4.97. The molecule has 0 fully saturated rings. The van der Waals surface area contributed by atoms with Crippen LogP contribution >= 0.6 is 0 Å². The molecule has 0 aliphatic heterocycles. The Hall–Kier alpha value is -3.58. The Balaban J connectivity index is 2.10. The van der Waals surface area contributed by atoms with Crippen molar-refractivity contribution < 1.29 is 9.13 Å². The van der Waals surface area contributed by atoms with E-state index in [0.717, 1.165) is 33.8 Å². The highest BCUT2D eigenvalue weighted by atomic mass is 15.0. The van der Waals surface area contributed by atoms with Crippen molar-refractivity contribution in [3.05, 3.63) is 95.5 Å². The minimum Gasteiger partial charge on any atom is -0.238 e. The van der Waals surface area contributed by atoms with E-state index in [-0.39, 0.29) is 0 Å². The van der Waals surface area contributed by atoms with Crippen LogP contribution in [0.15, 0.2) is 67.1 Å². The second-order valence-electron chi connectivity index (χ2n) is 6.68. The van der Waals surface area contributed by atoms with Crippen LogP contribution in [0.3, 0.4) is 0 Å². The first kappa shape index (κ1) is 16.9. The lowest BCUT2D eigenvalue weighted by Crippen LogP contribution is -2.39. The maximum Gasteiger partial charge on any atom is 0.291 e. The van der Waals surface area contributed by atoms with Gasteiger partial charge in [-0.3, -0.25) is 0 Å². The highest BCUT2D eigenvalue weighted by molar-refractivity contribution is 5.76. The van der Waals surface area contributed by atoms with Gasteiger partial charge in [0.25, 0.3) is 6.33 Å². The molecule has 0 radical (unpaired) electrons. The fourth-order valence-electron chi connectivity index (χ4n) is 3.52. The topological polar surface area (TPSA) is 25.0 Å². The molecule has 2 heterocycles. The molecule has 130 valence electrons. The summed E-state index contributed by atoms with van der Waals surface area (Å²) in [6.07, 6.45) is 3.58. The SMILES string of the molecule is [C-]#[N+]c1cc(-[n+]2cnccc2C)c(C)c(-[n+]2c(C)ccc3ccccc32)c1. The predicted octanol–water partition coefficient (Wildman–Crippen LogP) is 4.26. The molecular weight excluding hydrogens is 332 g/mol. The van der Waals surface area contributed by atoms with Gasteiger partial charge in [0.1, 0.15) is 17.6 Å². The van der Waals surface area contributed by atoms with Crippen LogP contribution in [0.25, 0.3) is 27.1 Å². The molecule has 4 heteroatoms. The molecule has 0 N–H and O–H groups in total. The zero-order valence-electron chi connectivity index (χ0n) is 15.6. The van der Waals surface area contributed by atoms with E-state index in [1.54, 1.807) is 12.5 Å². The maximum atomic E-state index is 7.59. The van der Waals surface area contributed by atoms with Gasteiger partial charge in [0.15, 0.2) is 11.4 Å². The average Bonchev–Trinajstić information content (AvgIpc) is 2.69. The molecule has 0 saturated heterocycles. The number of para-hydroxylation sites is 1. The number of aryl methyl sites for hydroxylation is 2. The zero-order chi connectivity index (χ0) is 19.0. The molecule has 4 nitrogen and oxygen atoms in total. The molecule has 0 amide bonds. The molecule has 0 aliphatic carbocycles. The van der Waals surface area contributed by atoms with Crippen molar-refractivity contribution >= 4 is 16.6 Å². The molecule has 0 unspecified atom stereocenters. The quantitative estimate of drug-likeness (QED) is 0.391. The smallest absolute Gasteiger partial charge is 0.238 e. The number of fused-ring (bicyclic) bond motifs is 1. The first-order valence-corrected chi connectivity index (χ1v) is 8.85. The van der Waals surface area contributed by atoms with Crippen LogP contribution in [0.1, 0.15) is 17.0 Å². The molecule has 4 rings (SSSR count). The minimum atomic E-state index is 0.612. The van der Waals surface area contributed by atoms with Crippen molar-refractivity contribution in [3.63, 3.8) is 0 Å². The Morgan fingerprint density at radius 2 is 1.67 bits per heavy atom. The number of nitrogens with zero attached hydrogens (tertiary/aromatic N) is 4. The van der Waals surface area contributed by atoms with E-state index in [4.69, 9.17) is 6.57 Å². The van der Waals surface area contributed by atoms with Gasteiger partial charge in [-0.2, -0.15) is 4.57 Å². The van der Waals surface area contributed by atoms with Gasteiger partial charge in [-0.05, 0) is 32.0 Å². The Kier molecular flexibility index (Phi) is 4.13. The Bertz CT molecular complexity index is 1220. The first-order chi connectivity index (χ1) is 13.1. The predicted molar refractivity (Wildman–Crippen MR) is 105 cm³/mol. The van der Waals surface area contributed by atoms with E-state index in [0.29, 0.717) is 5.69 Å². The molecule has 4 aromatic rings. The zero-order valence-corrected chi connectivity index (χ0v) is 15.6. The Labute approximate surface area is 158 Å². The number of hydrogen-bond donors (Lipinski definition) is 0. The molecule has 0 saturated carbocycles. The minimum absolute atomic E-state index is 0.612. The lowest BCUT2D eigenvalue weighted by Gasteiger charge is -2.11. The van der Waals surface area contributed by atoms with Gasteiger partial charge in [-0.15, -0.1) is 0 Å². The van der Waals surface area contributed by atoms with Gasteiger partial charge in [0.05, 0.1) is 12.1 Å². The van der Waals surface area contributed by atoms with Crippen LogP contribution in [0.4, 0.5) is 5.69 Å². The van der Waals surface area contributed by atoms with E-state index in [9.17, 15) is 0 Å². The van der Waals surface area contributed by atoms with Gasteiger partial charge in [-0.25, -0.2) is 9.41 Å². The summed E-state index contributed by atoms with van der Waals surface area (Å²) in [5, 5.41) is 1.17. The summed E-state index contributed by atoms with van der Waals surface area (Å²) in [4.78, 5) is 7.99. The van der Waals surface area contributed by atoms with Crippen molar-refractivity contribution in [2.45, 2.75) is 20.8 Å². The van der Waals surface area contributed by atoms with Crippen LogP contribution in [-0.2, 0) is 0 Å². The number of rotatable bonds is 2. The molecule has 2 aromatic heterocycles. The molecule has 0 atom stereocenters. The first-order valence-electron chi connectivity index (χ1n) is 8.85. The maximum absolute atomic E-state index is 7.59. The summed E-state index contributed by atoms with van der Waals surface area (Å²) in [5.74, 6) is 0.